The van der Waals surface area contributed by atoms with Gasteiger partial charge >= 0.3 is 6.01 Å². The zero-order chi connectivity index (χ0) is 18.5. The number of nitrogens with one attached hydrogen (secondary N) is 1. The normalized spacial score (nSPS) is 17.0. The molecule has 27 heavy (non-hydrogen) atoms. The molecule has 3 aromatic heterocycles. The molecular weight excluding hydrogens is 342 g/mol. The predicted octanol–water partition coefficient (Wildman–Crippen LogP) is 2.75. The van der Waals surface area contributed by atoms with Crippen LogP contribution in [0.2, 0.25) is 0 Å². The van der Waals surface area contributed by atoms with Crippen molar-refractivity contribution in [2.24, 2.45) is 0 Å². The van der Waals surface area contributed by atoms with Crippen molar-refractivity contribution < 1.29 is 4.74 Å². The molecule has 4 rings (SSSR count). The van der Waals surface area contributed by atoms with Crippen LogP contribution in [0.5, 0.6) is 6.01 Å². The second-order valence-corrected chi connectivity index (χ2v) is 6.40. The molecule has 0 aromatic carbocycles. The summed E-state index contributed by atoms with van der Waals surface area (Å²) in [7, 11) is 1.57. The molecule has 1 N–H and O–H groups in total. The third-order valence-electron chi connectivity index (χ3n) is 4.60. The van der Waals surface area contributed by atoms with Gasteiger partial charge < -0.3 is 10.1 Å². The molecule has 0 saturated carbocycles. The van der Waals surface area contributed by atoms with E-state index in [1.165, 1.54) is 5.56 Å². The average Bonchev–Trinajstić information content (AvgIpc) is 3.18. The van der Waals surface area contributed by atoms with E-state index in [4.69, 9.17) is 4.74 Å². The van der Waals surface area contributed by atoms with Gasteiger partial charge in [-0.3, -0.25) is 9.88 Å². The van der Waals surface area contributed by atoms with E-state index in [0.717, 1.165) is 37.3 Å². The number of hydrogen-bond donors (Lipinski definition) is 1. The maximum absolute atomic E-state index is 5.03. The SMILES string of the molecule is COc1ncc(CN2CCC[C@@H]2c2ccnc(Nc3cnccn3)c2)cn1. The fourth-order valence-corrected chi connectivity index (χ4v) is 3.37. The Balaban J connectivity index is 1.48. The van der Waals surface area contributed by atoms with Crippen LogP contribution >= 0.6 is 0 Å². The number of nitrogens with zero attached hydrogens (tertiary/aromatic N) is 6. The zero-order valence-corrected chi connectivity index (χ0v) is 15.1. The van der Waals surface area contributed by atoms with Crippen molar-refractivity contribution in [1.82, 2.24) is 29.8 Å². The van der Waals surface area contributed by atoms with Gasteiger partial charge in [0, 0.05) is 49.1 Å². The smallest absolute Gasteiger partial charge is 0.316 e. The lowest BCUT2D eigenvalue weighted by Crippen LogP contribution is -2.23. The van der Waals surface area contributed by atoms with E-state index in [-0.39, 0.29) is 0 Å². The maximum atomic E-state index is 5.03. The Labute approximate surface area is 157 Å². The van der Waals surface area contributed by atoms with Crippen LogP contribution in [-0.4, -0.2) is 43.5 Å². The molecule has 8 nitrogen and oxygen atoms in total. The van der Waals surface area contributed by atoms with E-state index in [2.05, 4.69) is 47.3 Å². The molecule has 8 heteroatoms. The van der Waals surface area contributed by atoms with E-state index in [9.17, 15) is 0 Å². The molecule has 0 bridgehead atoms. The lowest BCUT2D eigenvalue weighted by Gasteiger charge is -2.25. The second-order valence-electron chi connectivity index (χ2n) is 6.40. The molecule has 1 aliphatic heterocycles. The topological polar surface area (TPSA) is 89.0 Å². The number of anilines is 2. The zero-order valence-electron chi connectivity index (χ0n) is 15.1. The highest BCUT2D eigenvalue weighted by Gasteiger charge is 2.26. The molecule has 1 saturated heterocycles. The van der Waals surface area contributed by atoms with Gasteiger partial charge in [0.1, 0.15) is 11.6 Å². The third-order valence-corrected chi connectivity index (χ3v) is 4.60. The van der Waals surface area contributed by atoms with Crippen LogP contribution < -0.4 is 10.1 Å². The third kappa shape index (κ3) is 4.17. The Morgan fingerprint density at radius 1 is 1.07 bits per heavy atom. The van der Waals surface area contributed by atoms with Crippen LogP contribution in [0.15, 0.2) is 49.3 Å². The van der Waals surface area contributed by atoms with Gasteiger partial charge in [-0.25, -0.2) is 19.9 Å². The van der Waals surface area contributed by atoms with Crippen molar-refractivity contribution >= 4 is 11.6 Å². The predicted molar refractivity (Wildman–Crippen MR) is 101 cm³/mol. The van der Waals surface area contributed by atoms with E-state index >= 15 is 0 Å². The van der Waals surface area contributed by atoms with Gasteiger partial charge in [0.05, 0.1) is 13.3 Å². The molecule has 1 atom stereocenters. The minimum atomic E-state index is 0.345. The molecule has 0 aliphatic carbocycles. The van der Waals surface area contributed by atoms with Gasteiger partial charge in [0.15, 0.2) is 0 Å². The van der Waals surface area contributed by atoms with Crippen LogP contribution in [0.1, 0.15) is 30.0 Å². The van der Waals surface area contributed by atoms with Crippen LogP contribution in [0, 0.1) is 0 Å². The molecular formula is C19H21N7O. The van der Waals surface area contributed by atoms with Crippen molar-refractivity contribution in [1.29, 1.82) is 0 Å². The van der Waals surface area contributed by atoms with E-state index < -0.39 is 0 Å². The first-order valence-electron chi connectivity index (χ1n) is 8.90. The van der Waals surface area contributed by atoms with Gasteiger partial charge in [-0.15, -0.1) is 0 Å². The summed E-state index contributed by atoms with van der Waals surface area (Å²) in [4.78, 5) is 23.6. The molecule has 0 amide bonds. The van der Waals surface area contributed by atoms with Gasteiger partial charge in [0.25, 0.3) is 0 Å². The highest BCUT2D eigenvalue weighted by molar-refractivity contribution is 5.51. The summed E-state index contributed by atoms with van der Waals surface area (Å²) in [6.45, 7) is 1.86. The summed E-state index contributed by atoms with van der Waals surface area (Å²) >= 11 is 0. The Morgan fingerprint density at radius 3 is 2.70 bits per heavy atom. The number of rotatable bonds is 6. The summed E-state index contributed by atoms with van der Waals surface area (Å²) in [6.07, 6.45) is 12.8. The highest BCUT2D eigenvalue weighted by atomic mass is 16.5. The van der Waals surface area contributed by atoms with Gasteiger partial charge in [-0.05, 0) is 37.1 Å². The van der Waals surface area contributed by atoms with Gasteiger partial charge in [-0.2, -0.15) is 0 Å². The summed E-state index contributed by atoms with van der Waals surface area (Å²) < 4.78 is 5.03. The molecule has 1 fully saturated rings. The Bertz CT molecular complexity index is 873. The number of hydrogen-bond acceptors (Lipinski definition) is 8. The summed E-state index contributed by atoms with van der Waals surface area (Å²) in [5, 5.41) is 3.21. The lowest BCUT2D eigenvalue weighted by atomic mass is 10.1. The molecule has 0 unspecified atom stereocenters. The second kappa shape index (κ2) is 8.05. The first kappa shape index (κ1) is 17.3. The first-order chi connectivity index (χ1) is 13.3. The summed E-state index contributed by atoms with van der Waals surface area (Å²) in [6, 6.07) is 4.90. The van der Waals surface area contributed by atoms with E-state index in [1.807, 2.05) is 18.6 Å². The number of methoxy groups -OCH3 is 1. The van der Waals surface area contributed by atoms with E-state index in [0.29, 0.717) is 17.9 Å². The van der Waals surface area contributed by atoms with Crippen LogP contribution in [0.25, 0.3) is 0 Å². The summed E-state index contributed by atoms with van der Waals surface area (Å²) in [5.74, 6) is 1.45. The number of ether oxygens (including phenoxy) is 1. The molecule has 0 radical (unpaired) electrons. The Morgan fingerprint density at radius 2 is 1.93 bits per heavy atom. The molecule has 4 heterocycles. The summed E-state index contributed by atoms with van der Waals surface area (Å²) in [5.41, 5.74) is 2.32. The van der Waals surface area contributed by atoms with Crippen molar-refractivity contribution in [3.05, 3.63) is 60.4 Å². The highest BCUT2D eigenvalue weighted by Crippen LogP contribution is 2.33. The number of aromatic nitrogens is 5. The van der Waals surface area contributed by atoms with Crippen molar-refractivity contribution in [3.63, 3.8) is 0 Å². The van der Waals surface area contributed by atoms with E-state index in [1.54, 1.807) is 25.7 Å². The van der Waals surface area contributed by atoms with Crippen molar-refractivity contribution in [3.8, 4) is 6.01 Å². The molecule has 3 aromatic rings. The fourth-order valence-electron chi connectivity index (χ4n) is 3.37. The van der Waals surface area contributed by atoms with Crippen LogP contribution in [0.4, 0.5) is 11.6 Å². The fraction of sp³-hybridized carbons (Fsp3) is 0.316. The van der Waals surface area contributed by atoms with Gasteiger partial charge in [-0.1, -0.05) is 0 Å². The largest absolute Gasteiger partial charge is 0.467 e. The monoisotopic (exact) mass is 363 g/mol. The average molecular weight is 363 g/mol. The lowest BCUT2D eigenvalue weighted by molar-refractivity contribution is 0.247. The molecule has 0 spiro atoms. The number of likely N-dealkylation sites (tertiary alicyclic amines) is 1. The number of pyridine rings is 1. The Kier molecular flexibility index (Phi) is 5.15. The van der Waals surface area contributed by atoms with Crippen molar-refractivity contribution in [2.75, 3.05) is 19.0 Å². The molecule has 138 valence electrons. The quantitative estimate of drug-likeness (QED) is 0.715. The van der Waals surface area contributed by atoms with Crippen LogP contribution in [-0.2, 0) is 6.54 Å². The minimum absolute atomic E-state index is 0.345. The first-order valence-corrected chi connectivity index (χ1v) is 8.90. The van der Waals surface area contributed by atoms with Crippen molar-refractivity contribution in [2.45, 2.75) is 25.4 Å². The molecule has 1 aliphatic rings. The Hall–Kier alpha value is -3.13. The minimum Gasteiger partial charge on any atom is -0.467 e. The van der Waals surface area contributed by atoms with Gasteiger partial charge in [0.2, 0.25) is 0 Å². The standard InChI is InChI=1S/C19H21N7O/c1-27-19-23-10-14(11-24-19)13-26-8-2-3-16(26)15-4-5-21-17(9-15)25-18-12-20-6-7-22-18/h4-7,9-12,16H,2-3,8,13H2,1H3,(H,21,22,25)/t16-/m1/s1. The maximum Gasteiger partial charge on any atom is 0.316 e. The van der Waals surface area contributed by atoms with Crippen LogP contribution in [0.3, 0.4) is 0 Å².